The summed E-state index contributed by atoms with van der Waals surface area (Å²) < 4.78 is 5.20. The van der Waals surface area contributed by atoms with Crippen LogP contribution >= 0.6 is 0 Å². The SMILES string of the molecule is COc1cc(CNC(C)C(C)(C)C)ccc1C#N. The van der Waals surface area contributed by atoms with Crippen LogP contribution in [0, 0.1) is 16.7 Å². The quantitative estimate of drug-likeness (QED) is 0.888. The van der Waals surface area contributed by atoms with E-state index in [1.165, 1.54) is 0 Å². The zero-order valence-corrected chi connectivity index (χ0v) is 11.9. The molecule has 0 aliphatic rings. The summed E-state index contributed by atoms with van der Waals surface area (Å²) in [5, 5.41) is 12.4. The van der Waals surface area contributed by atoms with Crippen molar-refractivity contribution < 1.29 is 4.74 Å². The third kappa shape index (κ3) is 3.75. The van der Waals surface area contributed by atoms with E-state index in [1.54, 1.807) is 13.2 Å². The molecule has 0 saturated carbocycles. The van der Waals surface area contributed by atoms with Crippen molar-refractivity contribution in [2.24, 2.45) is 5.41 Å². The predicted octanol–water partition coefficient (Wildman–Crippen LogP) is 3.09. The fourth-order valence-electron chi connectivity index (χ4n) is 1.52. The van der Waals surface area contributed by atoms with Gasteiger partial charge in [0.2, 0.25) is 0 Å². The number of nitrogens with zero attached hydrogens (tertiary/aromatic N) is 1. The minimum Gasteiger partial charge on any atom is -0.495 e. The molecule has 18 heavy (non-hydrogen) atoms. The monoisotopic (exact) mass is 246 g/mol. The van der Waals surface area contributed by atoms with Crippen molar-refractivity contribution in [2.45, 2.75) is 40.3 Å². The maximum atomic E-state index is 8.92. The van der Waals surface area contributed by atoms with Crippen LogP contribution in [-0.4, -0.2) is 13.2 Å². The second-order valence-electron chi connectivity index (χ2n) is 5.62. The summed E-state index contributed by atoms with van der Waals surface area (Å²) in [6, 6.07) is 8.22. The van der Waals surface area contributed by atoms with Gasteiger partial charge in [-0.05, 0) is 30.0 Å². The summed E-state index contributed by atoms with van der Waals surface area (Å²) in [4.78, 5) is 0. The Morgan fingerprint density at radius 3 is 2.56 bits per heavy atom. The van der Waals surface area contributed by atoms with Crippen molar-refractivity contribution >= 4 is 0 Å². The number of nitrogens with one attached hydrogen (secondary N) is 1. The van der Waals surface area contributed by atoms with Gasteiger partial charge in [-0.2, -0.15) is 5.26 Å². The third-order valence-corrected chi connectivity index (χ3v) is 3.30. The van der Waals surface area contributed by atoms with Gasteiger partial charge >= 0.3 is 0 Å². The van der Waals surface area contributed by atoms with Crippen LogP contribution in [-0.2, 0) is 6.54 Å². The molecule has 3 heteroatoms. The van der Waals surface area contributed by atoms with Crippen LogP contribution < -0.4 is 10.1 Å². The molecule has 0 bridgehead atoms. The summed E-state index contributed by atoms with van der Waals surface area (Å²) >= 11 is 0. The van der Waals surface area contributed by atoms with Crippen LogP contribution in [0.15, 0.2) is 18.2 Å². The summed E-state index contributed by atoms with van der Waals surface area (Å²) in [5.41, 5.74) is 1.93. The number of hydrogen-bond acceptors (Lipinski definition) is 3. The minimum atomic E-state index is 0.233. The second-order valence-corrected chi connectivity index (χ2v) is 5.62. The molecule has 0 aliphatic carbocycles. The van der Waals surface area contributed by atoms with Gasteiger partial charge in [-0.15, -0.1) is 0 Å². The molecule has 1 N–H and O–H groups in total. The van der Waals surface area contributed by atoms with Crippen LogP contribution in [0.5, 0.6) is 5.75 Å². The lowest BCUT2D eigenvalue weighted by Crippen LogP contribution is -2.37. The molecule has 1 aromatic carbocycles. The fraction of sp³-hybridized carbons (Fsp3) is 0.533. The largest absolute Gasteiger partial charge is 0.495 e. The number of hydrogen-bond donors (Lipinski definition) is 1. The molecule has 1 unspecified atom stereocenters. The summed E-state index contributed by atoms with van der Waals surface area (Å²) in [5.74, 6) is 0.639. The molecule has 0 fully saturated rings. The second kappa shape index (κ2) is 5.88. The van der Waals surface area contributed by atoms with Gasteiger partial charge in [-0.1, -0.05) is 26.8 Å². The standard InChI is InChI=1S/C15H22N2O/c1-11(15(2,3)4)17-10-12-6-7-13(9-16)14(8-12)18-5/h6-8,11,17H,10H2,1-5H3. The Morgan fingerprint density at radius 2 is 2.06 bits per heavy atom. The number of methoxy groups -OCH3 is 1. The van der Waals surface area contributed by atoms with Gasteiger partial charge in [0.15, 0.2) is 0 Å². The lowest BCUT2D eigenvalue weighted by molar-refractivity contribution is 0.285. The van der Waals surface area contributed by atoms with E-state index in [0.717, 1.165) is 12.1 Å². The zero-order valence-electron chi connectivity index (χ0n) is 11.9. The van der Waals surface area contributed by atoms with E-state index in [9.17, 15) is 0 Å². The highest BCUT2D eigenvalue weighted by Gasteiger charge is 2.19. The number of nitriles is 1. The summed E-state index contributed by atoms with van der Waals surface area (Å²) in [6.07, 6.45) is 0. The number of benzene rings is 1. The molecular formula is C15H22N2O. The highest BCUT2D eigenvalue weighted by molar-refractivity contribution is 5.45. The molecule has 0 aromatic heterocycles. The minimum absolute atomic E-state index is 0.233. The molecule has 0 heterocycles. The Bertz CT molecular complexity index is 441. The molecule has 0 radical (unpaired) electrons. The average Bonchev–Trinajstić information content (AvgIpc) is 2.34. The molecule has 1 atom stereocenters. The molecule has 1 rings (SSSR count). The zero-order chi connectivity index (χ0) is 13.8. The first-order valence-electron chi connectivity index (χ1n) is 6.19. The topological polar surface area (TPSA) is 45.0 Å². The Morgan fingerprint density at radius 1 is 1.39 bits per heavy atom. The van der Waals surface area contributed by atoms with E-state index in [2.05, 4.69) is 39.1 Å². The molecule has 0 amide bonds. The molecule has 0 spiro atoms. The van der Waals surface area contributed by atoms with E-state index in [0.29, 0.717) is 17.4 Å². The Labute approximate surface area is 110 Å². The Kier molecular flexibility index (Phi) is 4.75. The van der Waals surface area contributed by atoms with E-state index in [-0.39, 0.29) is 5.41 Å². The molecule has 1 aromatic rings. The highest BCUT2D eigenvalue weighted by atomic mass is 16.5. The van der Waals surface area contributed by atoms with Crippen LogP contribution in [0.1, 0.15) is 38.8 Å². The summed E-state index contributed by atoms with van der Waals surface area (Å²) in [6.45, 7) is 9.60. The van der Waals surface area contributed by atoms with Crippen molar-refractivity contribution in [3.63, 3.8) is 0 Å². The maximum absolute atomic E-state index is 8.92. The van der Waals surface area contributed by atoms with Crippen LogP contribution in [0.25, 0.3) is 0 Å². The molecule has 98 valence electrons. The van der Waals surface area contributed by atoms with Crippen molar-refractivity contribution in [1.82, 2.24) is 5.32 Å². The Balaban J connectivity index is 2.73. The molecule has 0 aliphatic heterocycles. The van der Waals surface area contributed by atoms with Crippen LogP contribution in [0.4, 0.5) is 0 Å². The Hall–Kier alpha value is -1.53. The lowest BCUT2D eigenvalue weighted by Gasteiger charge is -2.28. The third-order valence-electron chi connectivity index (χ3n) is 3.30. The van der Waals surface area contributed by atoms with Gasteiger partial charge in [-0.3, -0.25) is 0 Å². The first-order chi connectivity index (χ1) is 8.38. The van der Waals surface area contributed by atoms with Crippen molar-refractivity contribution in [1.29, 1.82) is 5.26 Å². The smallest absolute Gasteiger partial charge is 0.136 e. The van der Waals surface area contributed by atoms with E-state index < -0.39 is 0 Å². The van der Waals surface area contributed by atoms with Gasteiger partial charge in [-0.25, -0.2) is 0 Å². The first-order valence-corrected chi connectivity index (χ1v) is 6.19. The maximum Gasteiger partial charge on any atom is 0.136 e. The fourth-order valence-corrected chi connectivity index (χ4v) is 1.52. The van der Waals surface area contributed by atoms with Gasteiger partial charge in [0, 0.05) is 12.6 Å². The van der Waals surface area contributed by atoms with E-state index in [4.69, 9.17) is 10.00 Å². The van der Waals surface area contributed by atoms with Gasteiger partial charge in [0.1, 0.15) is 11.8 Å². The highest BCUT2D eigenvalue weighted by Crippen LogP contribution is 2.21. The normalized spacial score (nSPS) is 12.9. The van der Waals surface area contributed by atoms with Gasteiger partial charge < -0.3 is 10.1 Å². The molecule has 0 saturated heterocycles. The first kappa shape index (κ1) is 14.5. The number of ether oxygens (including phenoxy) is 1. The van der Waals surface area contributed by atoms with Gasteiger partial charge in [0.25, 0.3) is 0 Å². The predicted molar refractivity (Wildman–Crippen MR) is 73.5 cm³/mol. The van der Waals surface area contributed by atoms with E-state index >= 15 is 0 Å². The lowest BCUT2D eigenvalue weighted by atomic mass is 9.88. The van der Waals surface area contributed by atoms with E-state index in [1.807, 2.05) is 12.1 Å². The van der Waals surface area contributed by atoms with Crippen LogP contribution in [0.2, 0.25) is 0 Å². The number of rotatable bonds is 4. The summed E-state index contributed by atoms with van der Waals surface area (Å²) in [7, 11) is 1.59. The van der Waals surface area contributed by atoms with Gasteiger partial charge in [0.05, 0.1) is 12.7 Å². The van der Waals surface area contributed by atoms with Crippen molar-refractivity contribution in [3.05, 3.63) is 29.3 Å². The van der Waals surface area contributed by atoms with Crippen LogP contribution in [0.3, 0.4) is 0 Å². The molecule has 3 nitrogen and oxygen atoms in total. The molecular weight excluding hydrogens is 224 g/mol. The average molecular weight is 246 g/mol. The van der Waals surface area contributed by atoms with Crippen molar-refractivity contribution in [3.8, 4) is 11.8 Å². The van der Waals surface area contributed by atoms with Crippen molar-refractivity contribution in [2.75, 3.05) is 7.11 Å².